The highest BCUT2D eigenvalue weighted by atomic mass is 16.2. The van der Waals surface area contributed by atoms with Crippen molar-refractivity contribution >= 4 is 23.2 Å². The SMILES string of the molecule is CC.Nc1ccccc1NC(=O)c1ccc(C(=O)NCC2CCCCC2)cc1. The summed E-state index contributed by atoms with van der Waals surface area (Å²) >= 11 is 0. The molecule has 1 fully saturated rings. The molecule has 0 saturated heterocycles. The number of carbonyl (C=O) groups excluding carboxylic acids is 2. The number of carbonyl (C=O) groups is 2. The number of amides is 2. The lowest BCUT2D eigenvalue weighted by Gasteiger charge is -2.21. The van der Waals surface area contributed by atoms with Crippen molar-refractivity contribution in [3.05, 3.63) is 59.7 Å². The first kappa shape index (κ1) is 21.5. The Hall–Kier alpha value is -2.82. The van der Waals surface area contributed by atoms with Crippen molar-refractivity contribution in [1.82, 2.24) is 5.32 Å². The van der Waals surface area contributed by atoms with Crippen LogP contribution in [0.25, 0.3) is 0 Å². The third kappa shape index (κ3) is 6.12. The molecular formula is C23H31N3O2. The number of para-hydroxylation sites is 2. The molecule has 0 radical (unpaired) electrons. The maximum absolute atomic E-state index is 12.3. The van der Waals surface area contributed by atoms with Gasteiger partial charge in [0, 0.05) is 17.7 Å². The minimum atomic E-state index is -0.253. The quantitative estimate of drug-likeness (QED) is 0.647. The summed E-state index contributed by atoms with van der Waals surface area (Å²) < 4.78 is 0. The molecule has 1 aliphatic carbocycles. The van der Waals surface area contributed by atoms with Crippen LogP contribution in [0.1, 0.15) is 66.7 Å². The second kappa shape index (κ2) is 11.1. The molecule has 0 aromatic heterocycles. The molecule has 0 atom stereocenters. The molecule has 2 amide bonds. The number of anilines is 2. The number of nitrogens with two attached hydrogens (primary N) is 1. The number of nitrogens with one attached hydrogen (secondary N) is 2. The van der Waals surface area contributed by atoms with Gasteiger partial charge in [0.05, 0.1) is 11.4 Å². The molecule has 2 aromatic carbocycles. The number of hydrogen-bond acceptors (Lipinski definition) is 3. The highest BCUT2D eigenvalue weighted by Gasteiger charge is 2.15. The summed E-state index contributed by atoms with van der Waals surface area (Å²) in [5.74, 6) is 0.251. The van der Waals surface area contributed by atoms with E-state index in [-0.39, 0.29) is 11.8 Å². The second-order valence-corrected chi connectivity index (χ2v) is 6.83. The molecule has 3 rings (SSSR count). The maximum atomic E-state index is 12.3. The van der Waals surface area contributed by atoms with Crippen LogP contribution in [0.5, 0.6) is 0 Å². The molecular weight excluding hydrogens is 350 g/mol. The fraction of sp³-hybridized carbons (Fsp3) is 0.391. The standard InChI is InChI=1S/C21H25N3O2.C2H6/c22-18-8-4-5-9-19(18)24-21(26)17-12-10-16(11-13-17)20(25)23-14-15-6-2-1-3-7-15;1-2/h4-5,8-13,15H,1-3,6-7,14,22H2,(H,23,25)(H,24,26);1-2H3. The van der Waals surface area contributed by atoms with Gasteiger partial charge in [-0.15, -0.1) is 0 Å². The van der Waals surface area contributed by atoms with E-state index in [2.05, 4.69) is 10.6 Å². The van der Waals surface area contributed by atoms with E-state index < -0.39 is 0 Å². The van der Waals surface area contributed by atoms with Gasteiger partial charge < -0.3 is 16.4 Å². The van der Waals surface area contributed by atoms with E-state index in [4.69, 9.17) is 5.73 Å². The first-order valence-electron chi connectivity index (χ1n) is 10.2. The van der Waals surface area contributed by atoms with E-state index >= 15 is 0 Å². The van der Waals surface area contributed by atoms with Crippen molar-refractivity contribution in [3.8, 4) is 0 Å². The molecule has 5 heteroatoms. The van der Waals surface area contributed by atoms with Crippen LogP contribution in [0.4, 0.5) is 11.4 Å². The summed E-state index contributed by atoms with van der Waals surface area (Å²) in [4.78, 5) is 24.6. The Balaban J connectivity index is 0.00000136. The highest BCUT2D eigenvalue weighted by molar-refractivity contribution is 6.06. The first-order chi connectivity index (χ1) is 13.6. The number of rotatable bonds is 5. The zero-order chi connectivity index (χ0) is 20.4. The van der Waals surface area contributed by atoms with Crippen molar-refractivity contribution in [2.75, 3.05) is 17.6 Å². The fourth-order valence-electron chi connectivity index (χ4n) is 3.31. The molecule has 5 nitrogen and oxygen atoms in total. The zero-order valence-electron chi connectivity index (χ0n) is 16.8. The van der Waals surface area contributed by atoms with E-state index in [1.165, 1.54) is 32.1 Å². The van der Waals surface area contributed by atoms with Gasteiger partial charge in [0.25, 0.3) is 11.8 Å². The van der Waals surface area contributed by atoms with Crippen molar-refractivity contribution in [2.45, 2.75) is 46.0 Å². The first-order valence-corrected chi connectivity index (χ1v) is 10.2. The summed E-state index contributed by atoms with van der Waals surface area (Å²) in [6.45, 7) is 4.73. The van der Waals surface area contributed by atoms with Crippen molar-refractivity contribution < 1.29 is 9.59 Å². The van der Waals surface area contributed by atoms with Crippen LogP contribution < -0.4 is 16.4 Å². The molecule has 28 heavy (non-hydrogen) atoms. The largest absolute Gasteiger partial charge is 0.397 e. The zero-order valence-corrected chi connectivity index (χ0v) is 16.8. The van der Waals surface area contributed by atoms with Gasteiger partial charge in [0.1, 0.15) is 0 Å². The average molecular weight is 382 g/mol. The molecule has 0 unspecified atom stereocenters. The van der Waals surface area contributed by atoms with Gasteiger partial charge in [0.2, 0.25) is 0 Å². The normalized spacial score (nSPS) is 13.8. The van der Waals surface area contributed by atoms with E-state index in [0.29, 0.717) is 28.4 Å². The lowest BCUT2D eigenvalue weighted by Crippen LogP contribution is -2.30. The Morgan fingerprint density at radius 2 is 1.46 bits per heavy atom. The van der Waals surface area contributed by atoms with E-state index in [1.807, 2.05) is 26.0 Å². The minimum absolute atomic E-state index is 0.0881. The maximum Gasteiger partial charge on any atom is 0.255 e. The Morgan fingerprint density at radius 3 is 2.07 bits per heavy atom. The van der Waals surface area contributed by atoms with Crippen molar-refractivity contribution in [3.63, 3.8) is 0 Å². The summed E-state index contributed by atoms with van der Waals surface area (Å²) in [6, 6.07) is 13.8. The third-order valence-electron chi connectivity index (χ3n) is 4.89. The molecule has 0 spiro atoms. The lowest BCUT2D eigenvalue weighted by molar-refractivity contribution is 0.0942. The van der Waals surface area contributed by atoms with Crippen LogP contribution in [0.3, 0.4) is 0 Å². The van der Waals surface area contributed by atoms with Crippen LogP contribution in [-0.4, -0.2) is 18.4 Å². The van der Waals surface area contributed by atoms with Gasteiger partial charge in [-0.25, -0.2) is 0 Å². The van der Waals surface area contributed by atoms with Gasteiger partial charge in [-0.3, -0.25) is 9.59 Å². The van der Waals surface area contributed by atoms with Crippen LogP contribution in [0.2, 0.25) is 0 Å². The Kier molecular flexibility index (Phi) is 8.53. The van der Waals surface area contributed by atoms with Crippen LogP contribution in [0.15, 0.2) is 48.5 Å². The Morgan fingerprint density at radius 1 is 0.893 bits per heavy atom. The van der Waals surface area contributed by atoms with Gasteiger partial charge in [-0.05, 0) is 55.2 Å². The minimum Gasteiger partial charge on any atom is -0.397 e. The average Bonchev–Trinajstić information content (AvgIpc) is 2.76. The second-order valence-electron chi connectivity index (χ2n) is 6.83. The van der Waals surface area contributed by atoms with Crippen LogP contribution >= 0.6 is 0 Å². The molecule has 1 saturated carbocycles. The van der Waals surface area contributed by atoms with Crippen LogP contribution in [-0.2, 0) is 0 Å². The Bertz CT molecular complexity index is 766. The van der Waals surface area contributed by atoms with Gasteiger partial charge in [-0.2, -0.15) is 0 Å². The van der Waals surface area contributed by atoms with Crippen LogP contribution in [0, 0.1) is 5.92 Å². The molecule has 150 valence electrons. The molecule has 1 aliphatic rings. The number of nitrogen functional groups attached to an aromatic ring is 1. The van der Waals surface area contributed by atoms with E-state index in [1.54, 1.807) is 36.4 Å². The summed E-state index contributed by atoms with van der Waals surface area (Å²) in [5.41, 5.74) is 7.98. The molecule has 2 aromatic rings. The molecule has 0 bridgehead atoms. The van der Waals surface area contributed by atoms with E-state index in [0.717, 1.165) is 6.54 Å². The van der Waals surface area contributed by atoms with Crippen molar-refractivity contribution in [2.24, 2.45) is 5.92 Å². The summed E-state index contributed by atoms with van der Waals surface area (Å²) in [7, 11) is 0. The predicted molar refractivity (Wildman–Crippen MR) is 116 cm³/mol. The number of hydrogen-bond donors (Lipinski definition) is 3. The predicted octanol–water partition coefficient (Wildman–Crippen LogP) is 4.86. The Labute approximate surface area is 167 Å². The molecule has 0 aliphatic heterocycles. The summed E-state index contributed by atoms with van der Waals surface area (Å²) in [6.07, 6.45) is 6.22. The lowest BCUT2D eigenvalue weighted by atomic mass is 9.89. The molecule has 4 N–H and O–H groups in total. The smallest absolute Gasteiger partial charge is 0.255 e. The molecule has 0 heterocycles. The fourth-order valence-corrected chi connectivity index (χ4v) is 3.31. The van der Waals surface area contributed by atoms with E-state index in [9.17, 15) is 9.59 Å². The highest BCUT2D eigenvalue weighted by Crippen LogP contribution is 2.23. The third-order valence-corrected chi connectivity index (χ3v) is 4.89. The van der Waals surface area contributed by atoms with Crippen molar-refractivity contribution in [1.29, 1.82) is 0 Å². The van der Waals surface area contributed by atoms with Gasteiger partial charge in [0.15, 0.2) is 0 Å². The monoisotopic (exact) mass is 381 g/mol. The van der Waals surface area contributed by atoms with Gasteiger partial charge >= 0.3 is 0 Å². The van der Waals surface area contributed by atoms with Gasteiger partial charge in [-0.1, -0.05) is 45.2 Å². The topological polar surface area (TPSA) is 84.2 Å². The summed E-state index contributed by atoms with van der Waals surface area (Å²) in [5, 5.41) is 5.79. The number of benzene rings is 2.